The highest BCUT2D eigenvalue weighted by Gasteiger charge is 2.34. The summed E-state index contributed by atoms with van der Waals surface area (Å²) in [6, 6.07) is 2.08. The minimum absolute atomic E-state index is 0.183. The predicted molar refractivity (Wildman–Crippen MR) is 65.8 cm³/mol. The van der Waals surface area contributed by atoms with E-state index >= 15 is 0 Å². The van der Waals surface area contributed by atoms with E-state index < -0.39 is 0 Å². The number of hydrogen-bond donors (Lipinski definition) is 0. The molecule has 4 heteroatoms. The van der Waals surface area contributed by atoms with Crippen molar-refractivity contribution in [1.82, 2.24) is 4.90 Å². The molecule has 1 aliphatic rings. The number of hydrogen-bond acceptors (Lipinski definition) is 2. The van der Waals surface area contributed by atoms with Gasteiger partial charge in [-0.2, -0.15) is 0 Å². The smallest absolute Gasteiger partial charge is 0.226 e. The first-order valence-corrected chi connectivity index (χ1v) is 6.77. The largest absolute Gasteiger partial charge is 0.338 e. The van der Waals surface area contributed by atoms with Crippen LogP contribution < -0.4 is 0 Å². The van der Waals surface area contributed by atoms with Gasteiger partial charge in [-0.1, -0.05) is 13.8 Å². The summed E-state index contributed by atoms with van der Waals surface area (Å²) in [5.74, 6) is 0.956. The molecule has 2 unspecified atom stereocenters. The Morgan fingerprint density at radius 1 is 1.60 bits per heavy atom. The molecular formula is C11H14BrNOS. The molecule has 1 aromatic heterocycles. The Kier molecular flexibility index (Phi) is 3.16. The maximum atomic E-state index is 11.9. The van der Waals surface area contributed by atoms with Crippen LogP contribution in [0.15, 0.2) is 15.2 Å². The van der Waals surface area contributed by atoms with Crippen LogP contribution in [-0.4, -0.2) is 17.4 Å². The minimum atomic E-state index is 0.183. The van der Waals surface area contributed by atoms with Crippen LogP contribution >= 0.6 is 27.3 Å². The van der Waals surface area contributed by atoms with Crippen molar-refractivity contribution in [3.05, 3.63) is 20.8 Å². The number of thiophene rings is 1. The molecule has 1 aliphatic heterocycles. The lowest BCUT2D eigenvalue weighted by molar-refractivity contribution is -0.131. The standard InChI is InChI=1S/C11H14BrNOS/c1-7-5-13(11(14)8(7)2)6-9-3-4-15-10(9)12/h3-4,7-8H,5-6H2,1-2H3. The van der Waals surface area contributed by atoms with Gasteiger partial charge in [0.15, 0.2) is 0 Å². The van der Waals surface area contributed by atoms with Gasteiger partial charge in [0.2, 0.25) is 5.91 Å². The molecule has 0 bridgehead atoms. The van der Waals surface area contributed by atoms with Gasteiger partial charge >= 0.3 is 0 Å². The quantitative estimate of drug-likeness (QED) is 0.818. The minimum Gasteiger partial charge on any atom is -0.338 e. The number of likely N-dealkylation sites (tertiary alicyclic amines) is 1. The Bertz CT molecular complexity index is 376. The lowest BCUT2D eigenvalue weighted by Crippen LogP contribution is -2.25. The van der Waals surface area contributed by atoms with Gasteiger partial charge in [0, 0.05) is 19.0 Å². The van der Waals surface area contributed by atoms with Crippen LogP contribution in [0.25, 0.3) is 0 Å². The summed E-state index contributed by atoms with van der Waals surface area (Å²) in [7, 11) is 0. The molecule has 2 nitrogen and oxygen atoms in total. The molecule has 2 atom stereocenters. The van der Waals surface area contributed by atoms with Gasteiger partial charge in [-0.25, -0.2) is 0 Å². The van der Waals surface area contributed by atoms with Gasteiger partial charge < -0.3 is 4.90 Å². The Hall–Kier alpha value is -0.350. The molecule has 0 spiro atoms. The van der Waals surface area contributed by atoms with Crippen molar-refractivity contribution in [1.29, 1.82) is 0 Å². The zero-order chi connectivity index (χ0) is 11.0. The third-order valence-corrected chi connectivity index (χ3v) is 4.93. The average Bonchev–Trinajstić information content (AvgIpc) is 2.69. The van der Waals surface area contributed by atoms with E-state index in [9.17, 15) is 4.79 Å². The molecule has 1 aromatic rings. The van der Waals surface area contributed by atoms with Crippen LogP contribution in [0, 0.1) is 11.8 Å². The number of nitrogens with zero attached hydrogens (tertiary/aromatic N) is 1. The zero-order valence-corrected chi connectivity index (χ0v) is 11.3. The second-order valence-electron chi connectivity index (χ2n) is 4.20. The molecule has 2 rings (SSSR count). The van der Waals surface area contributed by atoms with Crippen molar-refractivity contribution in [3.8, 4) is 0 Å². The highest BCUT2D eigenvalue weighted by molar-refractivity contribution is 9.11. The second kappa shape index (κ2) is 4.26. The van der Waals surface area contributed by atoms with E-state index in [1.165, 1.54) is 5.56 Å². The Labute approximate surface area is 102 Å². The van der Waals surface area contributed by atoms with E-state index in [-0.39, 0.29) is 5.92 Å². The van der Waals surface area contributed by atoms with Crippen molar-refractivity contribution >= 4 is 33.2 Å². The van der Waals surface area contributed by atoms with E-state index in [1.807, 2.05) is 17.2 Å². The summed E-state index contributed by atoms with van der Waals surface area (Å²) in [5.41, 5.74) is 1.22. The molecule has 0 saturated carbocycles. The number of amides is 1. The number of carbonyl (C=O) groups excluding carboxylic acids is 1. The normalized spacial score (nSPS) is 26.3. The van der Waals surface area contributed by atoms with Gasteiger partial charge in [-0.3, -0.25) is 4.79 Å². The maximum Gasteiger partial charge on any atom is 0.226 e. The predicted octanol–water partition coefficient (Wildman–Crippen LogP) is 3.13. The van der Waals surface area contributed by atoms with Crippen molar-refractivity contribution < 1.29 is 4.79 Å². The zero-order valence-electron chi connectivity index (χ0n) is 8.87. The van der Waals surface area contributed by atoms with Crippen LogP contribution in [0.3, 0.4) is 0 Å². The first kappa shape index (κ1) is 11.1. The first-order valence-electron chi connectivity index (χ1n) is 5.10. The Balaban J connectivity index is 2.08. The fourth-order valence-electron chi connectivity index (χ4n) is 1.91. The molecule has 0 aliphatic carbocycles. The molecule has 1 saturated heterocycles. The SMILES string of the molecule is CC1CN(Cc2ccsc2Br)C(=O)C1C. The molecule has 1 fully saturated rings. The monoisotopic (exact) mass is 287 g/mol. The third-order valence-electron chi connectivity index (χ3n) is 3.12. The summed E-state index contributed by atoms with van der Waals surface area (Å²) in [6.07, 6.45) is 0. The summed E-state index contributed by atoms with van der Waals surface area (Å²) in [5, 5.41) is 2.05. The van der Waals surface area contributed by atoms with Crippen molar-refractivity contribution in [3.63, 3.8) is 0 Å². The summed E-state index contributed by atoms with van der Waals surface area (Å²) < 4.78 is 1.14. The second-order valence-corrected chi connectivity index (χ2v) is 6.44. The molecule has 82 valence electrons. The van der Waals surface area contributed by atoms with E-state index in [0.29, 0.717) is 11.8 Å². The Morgan fingerprint density at radius 2 is 2.33 bits per heavy atom. The lowest BCUT2D eigenvalue weighted by Gasteiger charge is -2.15. The van der Waals surface area contributed by atoms with Crippen LogP contribution in [0.5, 0.6) is 0 Å². The van der Waals surface area contributed by atoms with Gasteiger partial charge in [-0.15, -0.1) is 11.3 Å². The van der Waals surface area contributed by atoms with E-state index in [1.54, 1.807) is 11.3 Å². The number of carbonyl (C=O) groups is 1. The van der Waals surface area contributed by atoms with E-state index in [2.05, 4.69) is 28.9 Å². The molecule has 0 N–H and O–H groups in total. The number of halogens is 1. The average molecular weight is 288 g/mol. The van der Waals surface area contributed by atoms with Gasteiger partial charge in [0.1, 0.15) is 0 Å². The van der Waals surface area contributed by atoms with Crippen LogP contribution in [0.2, 0.25) is 0 Å². The van der Waals surface area contributed by atoms with Gasteiger partial charge in [-0.05, 0) is 38.9 Å². The highest BCUT2D eigenvalue weighted by Crippen LogP contribution is 2.29. The van der Waals surface area contributed by atoms with Crippen molar-refractivity contribution in [2.45, 2.75) is 20.4 Å². The molecule has 15 heavy (non-hydrogen) atoms. The summed E-state index contributed by atoms with van der Waals surface area (Å²) >= 11 is 5.17. The van der Waals surface area contributed by atoms with E-state index in [0.717, 1.165) is 16.9 Å². The summed E-state index contributed by atoms with van der Waals surface area (Å²) in [4.78, 5) is 13.8. The molecule has 1 amide bonds. The third kappa shape index (κ3) is 2.11. The topological polar surface area (TPSA) is 20.3 Å². The van der Waals surface area contributed by atoms with Crippen LogP contribution in [0.1, 0.15) is 19.4 Å². The first-order chi connectivity index (χ1) is 7.09. The molecular weight excluding hydrogens is 274 g/mol. The van der Waals surface area contributed by atoms with Crippen LogP contribution in [-0.2, 0) is 11.3 Å². The van der Waals surface area contributed by atoms with Gasteiger partial charge in [0.05, 0.1) is 3.79 Å². The fraction of sp³-hybridized carbons (Fsp3) is 0.545. The fourth-order valence-corrected chi connectivity index (χ4v) is 3.12. The molecule has 0 radical (unpaired) electrons. The number of rotatable bonds is 2. The van der Waals surface area contributed by atoms with E-state index in [4.69, 9.17) is 0 Å². The highest BCUT2D eigenvalue weighted by atomic mass is 79.9. The molecule has 0 aromatic carbocycles. The van der Waals surface area contributed by atoms with Crippen molar-refractivity contribution in [2.24, 2.45) is 11.8 Å². The van der Waals surface area contributed by atoms with Crippen LogP contribution in [0.4, 0.5) is 0 Å². The van der Waals surface area contributed by atoms with Gasteiger partial charge in [0.25, 0.3) is 0 Å². The van der Waals surface area contributed by atoms with Crippen molar-refractivity contribution in [2.75, 3.05) is 6.54 Å². The Morgan fingerprint density at radius 3 is 2.80 bits per heavy atom. The lowest BCUT2D eigenvalue weighted by atomic mass is 10.0. The molecule has 2 heterocycles. The maximum absolute atomic E-state index is 11.9. The summed E-state index contributed by atoms with van der Waals surface area (Å²) in [6.45, 7) is 5.81.